The number of benzene rings is 2. The third-order valence-electron chi connectivity index (χ3n) is 7.43. The maximum Gasteiger partial charge on any atom is 0.250 e. The molecule has 0 amide bonds. The van der Waals surface area contributed by atoms with Crippen LogP contribution >= 0.6 is 23.2 Å². The molecule has 3 aliphatic heterocycles. The average molecular weight is 523 g/mol. The van der Waals surface area contributed by atoms with Crippen LogP contribution in [-0.4, -0.2) is 33.4 Å². The smallest absolute Gasteiger partial charge is 0.250 e. The van der Waals surface area contributed by atoms with Crippen molar-refractivity contribution in [1.82, 2.24) is 9.47 Å². The van der Waals surface area contributed by atoms with Gasteiger partial charge in [-0.3, -0.25) is 14.5 Å². The number of aryl methyl sites for hydroxylation is 1. The molecule has 0 aliphatic carbocycles. The van der Waals surface area contributed by atoms with Gasteiger partial charge in [0.25, 0.3) is 5.56 Å². The number of piperidine rings is 1. The van der Waals surface area contributed by atoms with Crippen LogP contribution in [0, 0.1) is 12.8 Å². The molecule has 0 radical (unpaired) electrons. The standard InChI is InChI=1S/C28H24Cl2N2O4/c1-15-8-23(33)19(14-31-11-16-9-17(13-31)22-6-3-7-25(34)32(22)12-16)28-26(15)27(35)24(36-28)10-18-20(29)4-2-5-21(18)30/h2-8,10,16-17,33H,9,11-14H2,1H3/b24-10-/t16-,17+/m1/s1. The molecule has 2 atom stereocenters. The lowest BCUT2D eigenvalue weighted by Crippen LogP contribution is -2.46. The largest absolute Gasteiger partial charge is 0.507 e. The highest BCUT2D eigenvalue weighted by atomic mass is 35.5. The van der Waals surface area contributed by atoms with Crippen molar-refractivity contribution in [2.45, 2.75) is 32.4 Å². The number of nitrogens with zero attached hydrogens (tertiary/aromatic N) is 2. The molecule has 3 aromatic rings. The van der Waals surface area contributed by atoms with Crippen LogP contribution in [0.2, 0.25) is 10.0 Å². The highest BCUT2D eigenvalue weighted by Crippen LogP contribution is 2.44. The van der Waals surface area contributed by atoms with E-state index in [2.05, 4.69) is 4.90 Å². The number of Topliss-reactive ketones (excluding diaryl/α,β-unsaturated/α-hetero) is 1. The number of carbonyl (C=O) groups is 1. The van der Waals surface area contributed by atoms with Gasteiger partial charge in [0, 0.05) is 59.5 Å². The van der Waals surface area contributed by atoms with Gasteiger partial charge in [-0.25, -0.2) is 0 Å². The van der Waals surface area contributed by atoms with Gasteiger partial charge in [0.05, 0.1) is 11.1 Å². The maximum atomic E-state index is 13.3. The molecule has 0 unspecified atom stereocenters. The highest BCUT2D eigenvalue weighted by Gasteiger charge is 2.37. The molecule has 6 nitrogen and oxygen atoms in total. The van der Waals surface area contributed by atoms with Crippen molar-refractivity contribution in [3.63, 3.8) is 0 Å². The Hall–Kier alpha value is -3.06. The fourth-order valence-corrected chi connectivity index (χ4v) is 6.37. The van der Waals surface area contributed by atoms with E-state index in [1.807, 2.05) is 16.7 Å². The summed E-state index contributed by atoms with van der Waals surface area (Å²) in [4.78, 5) is 28.0. The van der Waals surface area contributed by atoms with Crippen LogP contribution in [0.25, 0.3) is 6.08 Å². The van der Waals surface area contributed by atoms with Gasteiger partial charge in [0.1, 0.15) is 11.5 Å². The summed E-state index contributed by atoms with van der Waals surface area (Å²) in [6.45, 7) is 4.47. The van der Waals surface area contributed by atoms with Crippen LogP contribution in [0.3, 0.4) is 0 Å². The van der Waals surface area contributed by atoms with E-state index in [0.29, 0.717) is 57.1 Å². The van der Waals surface area contributed by atoms with Crippen LogP contribution in [0.15, 0.2) is 53.0 Å². The molecule has 2 aromatic carbocycles. The van der Waals surface area contributed by atoms with Crippen LogP contribution in [-0.2, 0) is 13.1 Å². The predicted octanol–water partition coefficient (Wildman–Crippen LogP) is 5.40. The zero-order valence-corrected chi connectivity index (χ0v) is 21.1. The number of halogens is 2. The molecule has 1 saturated heterocycles. The average Bonchev–Trinajstić information content (AvgIpc) is 3.16. The Morgan fingerprint density at radius 2 is 1.83 bits per heavy atom. The van der Waals surface area contributed by atoms with Crippen molar-refractivity contribution < 1.29 is 14.6 Å². The zero-order valence-electron chi connectivity index (χ0n) is 19.6. The summed E-state index contributed by atoms with van der Waals surface area (Å²) >= 11 is 12.6. The Balaban J connectivity index is 1.33. The van der Waals surface area contributed by atoms with Crippen LogP contribution in [0.5, 0.6) is 11.5 Å². The monoisotopic (exact) mass is 522 g/mol. The zero-order chi connectivity index (χ0) is 25.1. The Labute approximate surface area is 218 Å². The highest BCUT2D eigenvalue weighted by molar-refractivity contribution is 6.37. The summed E-state index contributed by atoms with van der Waals surface area (Å²) < 4.78 is 7.99. The fourth-order valence-electron chi connectivity index (χ4n) is 5.86. The van der Waals surface area contributed by atoms with E-state index in [9.17, 15) is 14.7 Å². The number of allylic oxidation sites excluding steroid dienone is 1. The van der Waals surface area contributed by atoms with Crippen LogP contribution in [0.4, 0.5) is 0 Å². The molecule has 36 heavy (non-hydrogen) atoms. The Morgan fingerprint density at radius 3 is 2.61 bits per heavy atom. The number of carbonyl (C=O) groups excluding carboxylic acids is 1. The minimum atomic E-state index is -0.261. The van der Waals surface area contributed by atoms with Gasteiger partial charge in [-0.15, -0.1) is 0 Å². The van der Waals surface area contributed by atoms with E-state index in [1.54, 1.807) is 43.3 Å². The number of hydrogen-bond donors (Lipinski definition) is 1. The molecule has 0 spiro atoms. The Kier molecular flexibility index (Phi) is 5.71. The molecule has 1 aromatic heterocycles. The van der Waals surface area contributed by atoms with Crippen LogP contribution < -0.4 is 10.3 Å². The van der Waals surface area contributed by atoms with Crippen molar-refractivity contribution >= 4 is 35.1 Å². The van der Waals surface area contributed by atoms with E-state index >= 15 is 0 Å². The van der Waals surface area contributed by atoms with E-state index in [1.165, 1.54) is 0 Å². The number of likely N-dealkylation sites (tertiary alicyclic amines) is 1. The van der Waals surface area contributed by atoms with Gasteiger partial charge in [-0.2, -0.15) is 0 Å². The lowest BCUT2D eigenvalue weighted by Gasteiger charge is -2.43. The van der Waals surface area contributed by atoms with Crippen molar-refractivity contribution in [2.75, 3.05) is 13.1 Å². The second-order valence-electron chi connectivity index (χ2n) is 9.86. The molecule has 0 saturated carbocycles. The number of rotatable bonds is 3. The summed E-state index contributed by atoms with van der Waals surface area (Å²) in [6, 6.07) is 12.2. The summed E-state index contributed by atoms with van der Waals surface area (Å²) in [5.74, 6) is 0.940. The summed E-state index contributed by atoms with van der Waals surface area (Å²) in [5.41, 5.74) is 3.31. The number of ether oxygens (including phenoxy) is 1. The molecule has 1 N–H and O–H groups in total. The van der Waals surface area contributed by atoms with Gasteiger partial charge in [-0.1, -0.05) is 35.3 Å². The van der Waals surface area contributed by atoms with E-state index in [-0.39, 0.29) is 28.8 Å². The first kappa shape index (κ1) is 23.3. The molecule has 3 aliphatic rings. The number of aromatic nitrogens is 1. The summed E-state index contributed by atoms with van der Waals surface area (Å²) in [7, 11) is 0. The second-order valence-corrected chi connectivity index (χ2v) is 10.7. The molecule has 8 heteroatoms. The summed E-state index contributed by atoms with van der Waals surface area (Å²) in [6.07, 6.45) is 2.60. The third-order valence-corrected chi connectivity index (χ3v) is 8.09. The van der Waals surface area contributed by atoms with Crippen molar-refractivity contribution in [3.8, 4) is 11.5 Å². The van der Waals surface area contributed by atoms with Crippen molar-refractivity contribution in [3.05, 3.63) is 96.6 Å². The van der Waals surface area contributed by atoms with Gasteiger partial charge in [-0.05, 0) is 55.2 Å². The number of phenols is 1. The normalized spacial score (nSPS) is 21.9. The SMILES string of the molecule is Cc1cc(O)c(CN2C[C@H]3C[C@@H](C2)c2cccc(=O)n2C3)c2c1C(=O)/C(=C/c1c(Cl)cccc1Cl)O2. The maximum absolute atomic E-state index is 13.3. The van der Waals surface area contributed by atoms with E-state index in [0.717, 1.165) is 25.2 Å². The van der Waals surface area contributed by atoms with Gasteiger partial charge >= 0.3 is 0 Å². The lowest BCUT2D eigenvalue weighted by atomic mass is 9.83. The topological polar surface area (TPSA) is 71.8 Å². The second kappa shape index (κ2) is 8.80. The molecule has 4 heterocycles. The molecule has 2 bridgehead atoms. The number of aromatic hydroxyl groups is 1. The number of fused-ring (bicyclic) bond motifs is 5. The number of pyridine rings is 1. The quantitative estimate of drug-likeness (QED) is 0.466. The van der Waals surface area contributed by atoms with Crippen molar-refractivity contribution in [2.24, 2.45) is 5.92 Å². The molecule has 6 rings (SSSR count). The Bertz CT molecular complexity index is 1490. The third kappa shape index (κ3) is 3.84. The minimum absolute atomic E-state index is 0.0505. The summed E-state index contributed by atoms with van der Waals surface area (Å²) in [5, 5.41) is 11.7. The first-order chi connectivity index (χ1) is 17.3. The predicted molar refractivity (Wildman–Crippen MR) is 139 cm³/mol. The van der Waals surface area contributed by atoms with Crippen molar-refractivity contribution in [1.29, 1.82) is 0 Å². The first-order valence-electron chi connectivity index (χ1n) is 12.0. The van der Waals surface area contributed by atoms with E-state index in [4.69, 9.17) is 27.9 Å². The molecule has 1 fully saturated rings. The first-order valence-corrected chi connectivity index (χ1v) is 12.7. The Morgan fingerprint density at radius 1 is 1.08 bits per heavy atom. The fraction of sp³-hybridized carbons (Fsp3) is 0.286. The number of ketones is 1. The minimum Gasteiger partial charge on any atom is -0.507 e. The van der Waals surface area contributed by atoms with Gasteiger partial charge in [0.15, 0.2) is 5.76 Å². The van der Waals surface area contributed by atoms with E-state index < -0.39 is 0 Å². The van der Waals surface area contributed by atoms with Gasteiger partial charge < -0.3 is 14.4 Å². The number of phenolic OH excluding ortho intramolecular Hbond substituents is 1. The van der Waals surface area contributed by atoms with Gasteiger partial charge in [0.2, 0.25) is 5.78 Å². The van der Waals surface area contributed by atoms with Crippen LogP contribution in [0.1, 0.15) is 45.1 Å². The molecular weight excluding hydrogens is 499 g/mol. The molecular formula is C28H24Cl2N2O4. The lowest BCUT2D eigenvalue weighted by molar-refractivity contribution is 0.101. The molecule has 184 valence electrons. The number of hydrogen-bond acceptors (Lipinski definition) is 5.